The molecule has 0 bridgehead atoms. The van der Waals surface area contributed by atoms with Crippen LogP contribution in [-0.4, -0.2) is 26.3 Å². The normalized spacial score (nSPS) is 10.9. The number of halogens is 2. The second kappa shape index (κ2) is 7.24. The van der Waals surface area contributed by atoms with Gasteiger partial charge in [0.25, 0.3) is 0 Å². The van der Waals surface area contributed by atoms with E-state index in [-0.39, 0.29) is 6.10 Å². The van der Waals surface area contributed by atoms with E-state index >= 15 is 0 Å². The first-order chi connectivity index (χ1) is 8.04. The number of ether oxygens (including phenoxy) is 1. The molecule has 0 spiro atoms. The van der Waals surface area contributed by atoms with Crippen molar-refractivity contribution < 1.29 is 4.74 Å². The molecule has 0 aliphatic heterocycles. The Morgan fingerprint density at radius 1 is 1.41 bits per heavy atom. The molecule has 0 heterocycles. The lowest BCUT2D eigenvalue weighted by molar-refractivity contribution is 0.0846. The van der Waals surface area contributed by atoms with Gasteiger partial charge in [-0.15, -0.1) is 11.6 Å². The van der Waals surface area contributed by atoms with Crippen LogP contribution in [0.4, 0.5) is 5.69 Å². The van der Waals surface area contributed by atoms with E-state index in [1.807, 2.05) is 19.9 Å². The Balaban J connectivity index is 2.59. The van der Waals surface area contributed by atoms with E-state index in [2.05, 4.69) is 40.0 Å². The molecule has 0 N–H and O–H groups in total. The summed E-state index contributed by atoms with van der Waals surface area (Å²) in [5.74, 6) is 0.541. The molecule has 2 nitrogen and oxygen atoms in total. The predicted molar refractivity (Wildman–Crippen MR) is 78.1 cm³/mol. The van der Waals surface area contributed by atoms with Crippen LogP contribution in [0.15, 0.2) is 22.7 Å². The average molecular weight is 321 g/mol. The van der Waals surface area contributed by atoms with E-state index in [0.717, 1.165) is 28.9 Å². The summed E-state index contributed by atoms with van der Waals surface area (Å²) in [5.41, 5.74) is 2.28. The molecule has 0 aliphatic rings. The van der Waals surface area contributed by atoms with Crippen LogP contribution in [0.3, 0.4) is 0 Å². The average Bonchev–Trinajstić information content (AvgIpc) is 2.28. The molecule has 0 unspecified atom stereocenters. The fourth-order valence-corrected chi connectivity index (χ4v) is 2.38. The summed E-state index contributed by atoms with van der Waals surface area (Å²) in [7, 11) is 2.06. The molecule has 0 aromatic heterocycles. The molecule has 96 valence electrons. The molecule has 0 amide bonds. The van der Waals surface area contributed by atoms with Gasteiger partial charge < -0.3 is 9.64 Å². The molecular weight excluding hydrogens is 302 g/mol. The van der Waals surface area contributed by atoms with Gasteiger partial charge in [0.2, 0.25) is 0 Å². The third-order valence-electron chi connectivity index (χ3n) is 2.46. The molecule has 1 rings (SSSR count). The lowest BCUT2D eigenvalue weighted by Crippen LogP contribution is -2.24. The number of hydrogen-bond donors (Lipinski definition) is 0. The highest BCUT2D eigenvalue weighted by Crippen LogP contribution is 2.27. The van der Waals surface area contributed by atoms with E-state index in [0.29, 0.717) is 5.88 Å². The van der Waals surface area contributed by atoms with Gasteiger partial charge in [0.15, 0.2) is 0 Å². The summed E-state index contributed by atoms with van der Waals surface area (Å²) in [6, 6.07) is 6.19. The monoisotopic (exact) mass is 319 g/mol. The highest BCUT2D eigenvalue weighted by atomic mass is 79.9. The van der Waals surface area contributed by atoms with Crippen molar-refractivity contribution in [3.63, 3.8) is 0 Å². The highest BCUT2D eigenvalue weighted by molar-refractivity contribution is 9.10. The van der Waals surface area contributed by atoms with Crippen LogP contribution in [0.1, 0.15) is 19.4 Å². The minimum absolute atomic E-state index is 0.283. The predicted octanol–water partition coefficient (Wildman–Crippen LogP) is 4.05. The van der Waals surface area contributed by atoms with Gasteiger partial charge in [0, 0.05) is 23.9 Å². The number of hydrogen-bond acceptors (Lipinski definition) is 2. The molecule has 17 heavy (non-hydrogen) atoms. The summed E-state index contributed by atoms with van der Waals surface area (Å²) in [5, 5.41) is 0. The maximum Gasteiger partial charge on any atom is 0.0644 e. The van der Waals surface area contributed by atoms with Gasteiger partial charge in [-0.1, -0.05) is 6.07 Å². The highest BCUT2D eigenvalue weighted by Gasteiger charge is 2.06. The molecule has 4 heteroatoms. The molecule has 1 aromatic carbocycles. The van der Waals surface area contributed by atoms with Crippen molar-refractivity contribution in [2.24, 2.45) is 0 Å². The minimum atomic E-state index is 0.283. The number of benzene rings is 1. The maximum atomic E-state index is 5.79. The van der Waals surface area contributed by atoms with Crippen LogP contribution in [0.25, 0.3) is 0 Å². The van der Waals surface area contributed by atoms with Crippen LogP contribution < -0.4 is 4.90 Å². The van der Waals surface area contributed by atoms with Gasteiger partial charge in [-0.05, 0) is 47.5 Å². The zero-order valence-corrected chi connectivity index (χ0v) is 12.9. The number of anilines is 1. The van der Waals surface area contributed by atoms with E-state index in [1.165, 1.54) is 0 Å². The number of nitrogens with zero attached hydrogens (tertiary/aromatic N) is 1. The van der Waals surface area contributed by atoms with Gasteiger partial charge in [-0.3, -0.25) is 0 Å². The Morgan fingerprint density at radius 2 is 2.12 bits per heavy atom. The zero-order valence-electron chi connectivity index (χ0n) is 10.5. The quantitative estimate of drug-likeness (QED) is 0.733. The van der Waals surface area contributed by atoms with E-state index in [1.54, 1.807) is 0 Å². The largest absolute Gasteiger partial charge is 0.377 e. The fraction of sp³-hybridized carbons (Fsp3) is 0.538. The molecule has 0 saturated carbocycles. The smallest absolute Gasteiger partial charge is 0.0644 e. The number of rotatable bonds is 6. The van der Waals surface area contributed by atoms with Gasteiger partial charge in [-0.2, -0.15) is 0 Å². The van der Waals surface area contributed by atoms with Gasteiger partial charge in [-0.25, -0.2) is 0 Å². The third kappa shape index (κ3) is 4.86. The van der Waals surface area contributed by atoms with E-state index < -0.39 is 0 Å². The second-order valence-corrected chi connectivity index (χ2v) is 5.38. The van der Waals surface area contributed by atoms with E-state index in [9.17, 15) is 0 Å². The van der Waals surface area contributed by atoms with Crippen LogP contribution in [0.2, 0.25) is 0 Å². The Bertz CT molecular complexity index is 357. The number of likely N-dealkylation sites (N-methyl/N-ethyl adjacent to an activating group) is 1. The summed E-state index contributed by atoms with van der Waals surface area (Å²) in [6.07, 6.45) is 0.283. The Hall–Kier alpha value is -0.250. The second-order valence-electron chi connectivity index (χ2n) is 4.26. The fourth-order valence-electron chi connectivity index (χ4n) is 1.49. The summed E-state index contributed by atoms with van der Waals surface area (Å²) >= 11 is 9.36. The summed E-state index contributed by atoms with van der Waals surface area (Å²) in [4.78, 5) is 2.17. The molecular formula is C13H19BrClNO. The molecule has 1 aromatic rings. The van der Waals surface area contributed by atoms with Crippen LogP contribution >= 0.6 is 27.5 Å². The van der Waals surface area contributed by atoms with Gasteiger partial charge in [0.05, 0.1) is 18.4 Å². The lowest BCUT2D eigenvalue weighted by atomic mass is 10.2. The Morgan fingerprint density at radius 3 is 2.65 bits per heavy atom. The maximum absolute atomic E-state index is 5.79. The molecule has 0 fully saturated rings. The first kappa shape index (κ1) is 14.8. The van der Waals surface area contributed by atoms with Crippen molar-refractivity contribution in [3.05, 3.63) is 28.2 Å². The van der Waals surface area contributed by atoms with Gasteiger partial charge in [0.1, 0.15) is 0 Å². The van der Waals surface area contributed by atoms with Gasteiger partial charge >= 0.3 is 0 Å². The van der Waals surface area contributed by atoms with Crippen molar-refractivity contribution in [2.75, 3.05) is 25.1 Å². The first-order valence-electron chi connectivity index (χ1n) is 5.71. The SMILES string of the molecule is CC(C)OCCN(C)c1ccc(CCl)cc1Br. The van der Waals surface area contributed by atoms with Crippen molar-refractivity contribution in [3.8, 4) is 0 Å². The molecule has 0 aliphatic carbocycles. The first-order valence-corrected chi connectivity index (χ1v) is 7.04. The zero-order chi connectivity index (χ0) is 12.8. The lowest BCUT2D eigenvalue weighted by Gasteiger charge is -2.21. The van der Waals surface area contributed by atoms with Crippen LogP contribution in [0.5, 0.6) is 0 Å². The summed E-state index contributed by atoms with van der Waals surface area (Å²) < 4.78 is 6.61. The topological polar surface area (TPSA) is 12.5 Å². The van der Waals surface area contributed by atoms with Crippen molar-refractivity contribution in [1.29, 1.82) is 0 Å². The van der Waals surface area contributed by atoms with Crippen molar-refractivity contribution in [2.45, 2.75) is 25.8 Å². The Kier molecular flexibility index (Phi) is 6.31. The molecule has 0 radical (unpaired) electrons. The van der Waals surface area contributed by atoms with Crippen molar-refractivity contribution in [1.82, 2.24) is 0 Å². The molecule has 0 saturated heterocycles. The van der Waals surface area contributed by atoms with Crippen LogP contribution in [-0.2, 0) is 10.6 Å². The standard InChI is InChI=1S/C13H19BrClNO/c1-10(2)17-7-6-16(3)13-5-4-11(9-15)8-12(13)14/h4-5,8,10H,6-7,9H2,1-3H3. The third-order valence-corrected chi connectivity index (χ3v) is 3.40. The van der Waals surface area contributed by atoms with E-state index in [4.69, 9.17) is 16.3 Å². The number of alkyl halides is 1. The Labute approximate surface area is 117 Å². The van der Waals surface area contributed by atoms with Crippen molar-refractivity contribution >= 4 is 33.2 Å². The van der Waals surface area contributed by atoms with Crippen LogP contribution in [0, 0.1) is 0 Å². The minimum Gasteiger partial charge on any atom is -0.377 e. The molecule has 0 atom stereocenters. The summed E-state index contributed by atoms with van der Waals surface area (Å²) in [6.45, 7) is 5.70.